The number of ether oxygens (including phenoxy) is 1. The number of nitrogens with zero attached hydrogens (tertiary/aromatic N) is 1. The van der Waals surface area contributed by atoms with Crippen molar-refractivity contribution >= 4 is 17.5 Å². The van der Waals surface area contributed by atoms with Gasteiger partial charge in [0.2, 0.25) is 5.91 Å². The van der Waals surface area contributed by atoms with E-state index in [1.54, 1.807) is 26.3 Å². The van der Waals surface area contributed by atoms with E-state index >= 15 is 0 Å². The van der Waals surface area contributed by atoms with Gasteiger partial charge in [-0.2, -0.15) is 0 Å². The summed E-state index contributed by atoms with van der Waals surface area (Å²) in [5.74, 6) is 1.25. The highest BCUT2D eigenvalue weighted by molar-refractivity contribution is 5.94. The highest BCUT2D eigenvalue weighted by Gasteiger charge is 2.23. The van der Waals surface area contributed by atoms with Crippen molar-refractivity contribution in [3.05, 3.63) is 24.3 Å². The number of rotatable bonds is 6. The fraction of sp³-hybridized carbons (Fsp3) is 0.556. The molecule has 2 rings (SSSR count). The van der Waals surface area contributed by atoms with Crippen LogP contribution in [0.2, 0.25) is 0 Å². The van der Waals surface area contributed by atoms with Crippen molar-refractivity contribution in [2.75, 3.05) is 45.7 Å². The number of nitrogens with one attached hydrogen (secondary N) is 2. The molecule has 24 heavy (non-hydrogen) atoms. The summed E-state index contributed by atoms with van der Waals surface area (Å²) in [7, 11) is 3.26. The molecule has 0 saturated carbocycles. The lowest BCUT2D eigenvalue weighted by atomic mass is 9.99. The molecule has 0 aromatic heterocycles. The highest BCUT2D eigenvalue weighted by Crippen LogP contribution is 2.16. The minimum Gasteiger partial charge on any atom is -0.497 e. The van der Waals surface area contributed by atoms with Gasteiger partial charge in [0.1, 0.15) is 5.75 Å². The third-order valence-corrected chi connectivity index (χ3v) is 4.54. The Kier molecular flexibility index (Phi) is 6.61. The Morgan fingerprint density at radius 2 is 2.04 bits per heavy atom. The fourth-order valence-corrected chi connectivity index (χ4v) is 2.90. The summed E-state index contributed by atoms with van der Waals surface area (Å²) >= 11 is 0. The van der Waals surface area contributed by atoms with Crippen LogP contribution in [0.15, 0.2) is 24.3 Å². The van der Waals surface area contributed by atoms with Crippen LogP contribution in [-0.2, 0) is 9.59 Å². The van der Waals surface area contributed by atoms with E-state index in [9.17, 15) is 9.59 Å². The van der Waals surface area contributed by atoms with Crippen LogP contribution in [0, 0.1) is 5.92 Å². The first-order valence-corrected chi connectivity index (χ1v) is 8.49. The predicted octanol–water partition coefficient (Wildman–Crippen LogP) is 0.407. The third-order valence-electron chi connectivity index (χ3n) is 4.54. The van der Waals surface area contributed by atoms with Gasteiger partial charge in [-0.15, -0.1) is 0 Å². The van der Waals surface area contributed by atoms with E-state index in [0.29, 0.717) is 18.0 Å². The molecule has 132 valence electrons. The first kappa shape index (κ1) is 18.3. The number of benzene rings is 1. The lowest BCUT2D eigenvalue weighted by molar-refractivity contribution is -0.898. The van der Waals surface area contributed by atoms with Gasteiger partial charge in [-0.05, 0) is 30.9 Å². The lowest BCUT2D eigenvalue weighted by Crippen LogP contribution is -3.14. The second-order valence-corrected chi connectivity index (χ2v) is 6.64. The molecule has 0 spiro atoms. The molecule has 1 fully saturated rings. The monoisotopic (exact) mass is 334 g/mol. The average molecular weight is 334 g/mol. The number of methoxy groups -OCH3 is 1. The van der Waals surface area contributed by atoms with Crippen LogP contribution in [0.5, 0.6) is 5.75 Å². The molecule has 1 saturated heterocycles. The maximum atomic E-state index is 12.3. The van der Waals surface area contributed by atoms with Crippen molar-refractivity contribution in [1.29, 1.82) is 0 Å². The first-order chi connectivity index (χ1) is 11.5. The Morgan fingerprint density at radius 3 is 2.71 bits per heavy atom. The Morgan fingerprint density at radius 1 is 1.33 bits per heavy atom. The second kappa shape index (κ2) is 8.68. The van der Waals surface area contributed by atoms with Crippen molar-refractivity contribution in [3.63, 3.8) is 0 Å². The van der Waals surface area contributed by atoms with Gasteiger partial charge in [-0.25, -0.2) is 0 Å². The smallest absolute Gasteiger partial charge is 0.277 e. The van der Waals surface area contributed by atoms with Gasteiger partial charge >= 0.3 is 0 Å². The zero-order chi connectivity index (χ0) is 17.5. The molecular formula is C18H28N3O3+. The summed E-state index contributed by atoms with van der Waals surface area (Å²) in [5, 5.41) is 2.79. The zero-order valence-corrected chi connectivity index (χ0v) is 14.8. The largest absolute Gasteiger partial charge is 0.497 e. The first-order valence-electron chi connectivity index (χ1n) is 8.49. The molecule has 1 aromatic carbocycles. The quantitative estimate of drug-likeness (QED) is 0.792. The third kappa shape index (κ3) is 5.53. The summed E-state index contributed by atoms with van der Waals surface area (Å²) in [5.41, 5.74) is 0.663. The number of hydrogen-bond donors (Lipinski definition) is 2. The molecule has 0 bridgehead atoms. The van der Waals surface area contributed by atoms with Crippen LogP contribution in [0.3, 0.4) is 0 Å². The molecule has 0 radical (unpaired) electrons. The van der Waals surface area contributed by atoms with E-state index in [2.05, 4.69) is 12.2 Å². The second-order valence-electron chi connectivity index (χ2n) is 6.64. The topological polar surface area (TPSA) is 63.1 Å². The molecule has 0 unspecified atom stereocenters. The summed E-state index contributed by atoms with van der Waals surface area (Å²) in [4.78, 5) is 27.2. The van der Waals surface area contributed by atoms with E-state index in [1.807, 2.05) is 12.1 Å². The number of hydrogen-bond acceptors (Lipinski definition) is 3. The number of quaternary nitrogens is 1. The fourth-order valence-electron chi connectivity index (χ4n) is 2.90. The van der Waals surface area contributed by atoms with Crippen LogP contribution < -0.4 is 15.0 Å². The molecule has 0 atom stereocenters. The predicted molar refractivity (Wildman–Crippen MR) is 93.2 cm³/mol. The van der Waals surface area contributed by atoms with Crippen LogP contribution in [0.4, 0.5) is 5.69 Å². The number of likely N-dealkylation sites (tertiary alicyclic amines) is 1. The number of carbonyl (C=O) groups excluding carboxylic acids is 2. The van der Waals surface area contributed by atoms with Crippen LogP contribution in [0.25, 0.3) is 0 Å². The summed E-state index contributed by atoms with van der Waals surface area (Å²) in [6, 6.07) is 7.16. The van der Waals surface area contributed by atoms with Crippen molar-refractivity contribution in [1.82, 2.24) is 4.90 Å². The Labute approximate surface area is 143 Å². The van der Waals surface area contributed by atoms with Gasteiger partial charge in [0.25, 0.3) is 5.91 Å². The van der Waals surface area contributed by atoms with E-state index in [0.717, 1.165) is 19.0 Å². The zero-order valence-electron chi connectivity index (χ0n) is 14.8. The Hall–Kier alpha value is -2.08. The number of likely N-dealkylation sites (N-methyl/N-ethyl adjacent to an activating group) is 1. The van der Waals surface area contributed by atoms with Crippen molar-refractivity contribution in [2.45, 2.75) is 19.8 Å². The van der Waals surface area contributed by atoms with Crippen molar-refractivity contribution < 1.29 is 19.2 Å². The summed E-state index contributed by atoms with van der Waals surface area (Å²) in [6.45, 7) is 4.86. The number of carbonyl (C=O) groups is 2. The minimum atomic E-state index is -0.207. The molecule has 2 N–H and O–H groups in total. The SMILES string of the molecule is COc1cccc(NC(=O)CN(C)C(=O)C[NH+]2CCC(C)CC2)c1. The van der Waals surface area contributed by atoms with Crippen molar-refractivity contribution in [2.24, 2.45) is 5.92 Å². The standard InChI is InChI=1S/C18H27N3O3/c1-14-7-9-21(10-8-14)13-18(23)20(2)12-17(22)19-15-5-4-6-16(11-15)24-3/h4-6,11,14H,7-10,12-13H2,1-3H3,(H,19,22)/p+1. The number of piperidine rings is 1. The van der Waals surface area contributed by atoms with E-state index in [4.69, 9.17) is 4.74 Å². The van der Waals surface area contributed by atoms with Gasteiger partial charge in [0.15, 0.2) is 6.54 Å². The van der Waals surface area contributed by atoms with Crippen LogP contribution in [-0.4, -0.2) is 57.1 Å². The molecule has 6 nitrogen and oxygen atoms in total. The molecule has 1 heterocycles. The molecule has 6 heteroatoms. The van der Waals surface area contributed by atoms with E-state index < -0.39 is 0 Å². The van der Waals surface area contributed by atoms with Gasteiger partial charge in [-0.1, -0.05) is 13.0 Å². The lowest BCUT2D eigenvalue weighted by Gasteiger charge is -2.28. The maximum Gasteiger partial charge on any atom is 0.277 e. The normalized spacial score (nSPS) is 20.3. The number of amides is 2. The molecule has 1 aliphatic heterocycles. The molecule has 1 aromatic rings. The van der Waals surface area contributed by atoms with Crippen LogP contribution in [0.1, 0.15) is 19.8 Å². The van der Waals surface area contributed by atoms with Crippen molar-refractivity contribution in [3.8, 4) is 5.75 Å². The minimum absolute atomic E-state index is 0.0142. The molecular weight excluding hydrogens is 306 g/mol. The van der Waals surface area contributed by atoms with Gasteiger partial charge in [-0.3, -0.25) is 9.59 Å². The number of anilines is 1. The van der Waals surface area contributed by atoms with E-state index in [1.165, 1.54) is 22.6 Å². The Balaban J connectivity index is 1.78. The van der Waals surface area contributed by atoms with Crippen LogP contribution >= 0.6 is 0 Å². The molecule has 1 aliphatic rings. The van der Waals surface area contributed by atoms with Gasteiger partial charge in [0, 0.05) is 18.8 Å². The average Bonchev–Trinajstić information content (AvgIpc) is 2.56. The van der Waals surface area contributed by atoms with E-state index in [-0.39, 0.29) is 18.4 Å². The van der Waals surface area contributed by atoms with Gasteiger partial charge in [0.05, 0.1) is 26.7 Å². The summed E-state index contributed by atoms with van der Waals surface area (Å²) < 4.78 is 5.13. The summed E-state index contributed by atoms with van der Waals surface area (Å²) in [6.07, 6.45) is 2.34. The highest BCUT2D eigenvalue weighted by atomic mass is 16.5. The Bertz CT molecular complexity index is 568. The maximum absolute atomic E-state index is 12.3. The van der Waals surface area contributed by atoms with Gasteiger partial charge < -0.3 is 19.9 Å². The molecule has 0 aliphatic carbocycles. The molecule has 2 amide bonds.